The maximum absolute atomic E-state index is 12.2. The molecule has 0 saturated carbocycles. The Morgan fingerprint density at radius 1 is 1.15 bits per heavy atom. The normalized spacial score (nSPS) is 16.8. The lowest BCUT2D eigenvalue weighted by Gasteiger charge is -2.17. The number of likely N-dealkylation sites (tertiary alicyclic amines) is 1. The van der Waals surface area contributed by atoms with Gasteiger partial charge in [-0.05, 0) is 18.1 Å². The van der Waals surface area contributed by atoms with Crippen molar-refractivity contribution in [1.82, 2.24) is 10.2 Å². The number of nitrogens with zero attached hydrogens (tertiary/aromatic N) is 2. The van der Waals surface area contributed by atoms with Crippen LogP contribution in [0.4, 0.5) is 11.4 Å². The van der Waals surface area contributed by atoms with E-state index in [0.29, 0.717) is 12.2 Å². The molecule has 7 heteroatoms. The summed E-state index contributed by atoms with van der Waals surface area (Å²) in [7, 11) is 0. The Balaban J connectivity index is 1.39. The number of benzene rings is 2. The van der Waals surface area contributed by atoms with Crippen LogP contribution in [-0.4, -0.2) is 41.4 Å². The van der Waals surface area contributed by atoms with Crippen LogP contribution < -0.4 is 10.6 Å². The summed E-state index contributed by atoms with van der Waals surface area (Å²) in [6.45, 7) is 3.07. The van der Waals surface area contributed by atoms with E-state index in [1.54, 1.807) is 18.2 Å². The van der Waals surface area contributed by atoms with Gasteiger partial charge in [0.2, 0.25) is 5.91 Å². The number of hydrogen-bond donors (Lipinski definition) is 2. The molecule has 0 radical (unpaired) electrons. The van der Waals surface area contributed by atoms with Gasteiger partial charge >= 0.3 is 0 Å². The Morgan fingerprint density at radius 3 is 2.67 bits per heavy atom. The smallest absolute Gasteiger partial charge is 0.292 e. The zero-order valence-electron chi connectivity index (χ0n) is 15.1. The Labute approximate surface area is 158 Å². The van der Waals surface area contributed by atoms with Crippen LogP contribution in [-0.2, 0) is 11.3 Å². The number of carbonyl (C=O) groups is 1. The van der Waals surface area contributed by atoms with E-state index in [1.807, 2.05) is 18.2 Å². The van der Waals surface area contributed by atoms with Gasteiger partial charge in [0.15, 0.2) is 0 Å². The average molecular weight is 368 g/mol. The summed E-state index contributed by atoms with van der Waals surface area (Å²) in [5.74, 6) is -0.0346. The van der Waals surface area contributed by atoms with Gasteiger partial charge in [0.05, 0.1) is 4.92 Å². The number of para-hydroxylation sites is 2. The van der Waals surface area contributed by atoms with Crippen molar-refractivity contribution in [1.29, 1.82) is 0 Å². The summed E-state index contributed by atoms with van der Waals surface area (Å²) in [5, 5.41) is 17.0. The van der Waals surface area contributed by atoms with Crippen molar-refractivity contribution in [3.05, 3.63) is 70.3 Å². The van der Waals surface area contributed by atoms with Crippen molar-refractivity contribution in [3.8, 4) is 0 Å². The zero-order valence-corrected chi connectivity index (χ0v) is 15.1. The lowest BCUT2D eigenvalue weighted by molar-refractivity contribution is -0.384. The van der Waals surface area contributed by atoms with Crippen molar-refractivity contribution in [2.75, 3.05) is 25.0 Å². The van der Waals surface area contributed by atoms with Crippen LogP contribution in [0.15, 0.2) is 54.6 Å². The Morgan fingerprint density at radius 2 is 1.89 bits per heavy atom. The third kappa shape index (κ3) is 5.52. The maximum atomic E-state index is 12.2. The second-order valence-electron chi connectivity index (χ2n) is 6.72. The third-order valence-corrected chi connectivity index (χ3v) is 4.65. The van der Waals surface area contributed by atoms with Gasteiger partial charge in [0.25, 0.3) is 5.69 Å². The molecule has 1 amide bonds. The third-order valence-electron chi connectivity index (χ3n) is 4.65. The van der Waals surface area contributed by atoms with E-state index in [2.05, 4.69) is 27.7 Å². The van der Waals surface area contributed by atoms with Crippen molar-refractivity contribution in [3.63, 3.8) is 0 Å². The molecule has 0 aliphatic carbocycles. The van der Waals surface area contributed by atoms with Gasteiger partial charge in [-0.15, -0.1) is 0 Å². The largest absolute Gasteiger partial charge is 0.379 e. The monoisotopic (exact) mass is 368 g/mol. The van der Waals surface area contributed by atoms with Crippen molar-refractivity contribution in [2.24, 2.45) is 0 Å². The number of carbonyl (C=O) groups excluding carboxylic acids is 1. The number of hydrogen-bond acceptors (Lipinski definition) is 5. The molecule has 3 rings (SSSR count). The van der Waals surface area contributed by atoms with Gasteiger partial charge in [0.1, 0.15) is 5.69 Å². The highest BCUT2D eigenvalue weighted by Gasteiger charge is 2.23. The lowest BCUT2D eigenvalue weighted by Crippen LogP contribution is -2.37. The van der Waals surface area contributed by atoms with Crippen LogP contribution in [0.1, 0.15) is 18.4 Å². The molecule has 2 N–H and O–H groups in total. The van der Waals surface area contributed by atoms with Crippen LogP contribution in [0.3, 0.4) is 0 Å². The van der Waals surface area contributed by atoms with Crippen LogP contribution in [0.2, 0.25) is 0 Å². The van der Waals surface area contributed by atoms with Crippen LogP contribution in [0, 0.1) is 10.1 Å². The van der Waals surface area contributed by atoms with E-state index in [9.17, 15) is 14.9 Å². The van der Waals surface area contributed by atoms with E-state index in [0.717, 1.165) is 26.1 Å². The fourth-order valence-corrected chi connectivity index (χ4v) is 3.33. The number of rotatable bonds is 8. The minimum atomic E-state index is -0.428. The van der Waals surface area contributed by atoms with Gasteiger partial charge in [-0.1, -0.05) is 42.5 Å². The number of amides is 1. The van der Waals surface area contributed by atoms with Gasteiger partial charge in [-0.2, -0.15) is 0 Å². The SMILES string of the molecule is O=C(CCNc1ccccc1[N+](=O)[O-])N[C@H]1CCN(Cc2ccccc2)C1. The molecular formula is C20H24N4O3. The molecule has 0 spiro atoms. The van der Waals surface area contributed by atoms with Gasteiger partial charge in [-0.25, -0.2) is 0 Å². The number of anilines is 1. The molecule has 0 unspecified atom stereocenters. The average Bonchev–Trinajstić information content (AvgIpc) is 3.09. The number of nitrogens with one attached hydrogen (secondary N) is 2. The predicted octanol–water partition coefficient (Wildman–Crippen LogP) is 2.79. The first-order chi connectivity index (χ1) is 13.1. The fraction of sp³-hybridized carbons (Fsp3) is 0.350. The quantitative estimate of drug-likeness (QED) is 0.553. The number of nitro groups is 1. The highest BCUT2D eigenvalue weighted by atomic mass is 16.6. The van der Waals surface area contributed by atoms with E-state index in [4.69, 9.17) is 0 Å². The highest BCUT2D eigenvalue weighted by molar-refractivity contribution is 5.77. The first-order valence-corrected chi connectivity index (χ1v) is 9.15. The van der Waals surface area contributed by atoms with Gasteiger partial charge in [-0.3, -0.25) is 19.8 Å². The van der Waals surface area contributed by atoms with E-state index in [1.165, 1.54) is 11.6 Å². The molecule has 1 fully saturated rings. The minimum absolute atomic E-state index is 0.0188. The first-order valence-electron chi connectivity index (χ1n) is 9.15. The van der Waals surface area contributed by atoms with Crippen LogP contribution >= 0.6 is 0 Å². The predicted molar refractivity (Wildman–Crippen MR) is 104 cm³/mol. The summed E-state index contributed by atoms with van der Waals surface area (Å²) in [5.41, 5.74) is 1.73. The van der Waals surface area contributed by atoms with Gasteiger partial charge in [0, 0.05) is 44.7 Å². The molecule has 1 aliphatic heterocycles. The Bertz CT molecular complexity index is 782. The van der Waals surface area contributed by atoms with E-state index < -0.39 is 4.92 Å². The van der Waals surface area contributed by atoms with Crippen molar-refractivity contribution >= 4 is 17.3 Å². The molecule has 2 aromatic rings. The molecule has 1 heterocycles. The molecule has 142 valence electrons. The first kappa shape index (κ1) is 18.8. The van der Waals surface area contributed by atoms with Crippen molar-refractivity contribution in [2.45, 2.75) is 25.4 Å². The van der Waals surface area contributed by atoms with Crippen molar-refractivity contribution < 1.29 is 9.72 Å². The fourth-order valence-electron chi connectivity index (χ4n) is 3.33. The Kier molecular flexibility index (Phi) is 6.38. The van der Waals surface area contributed by atoms with E-state index in [-0.39, 0.29) is 24.1 Å². The van der Waals surface area contributed by atoms with E-state index >= 15 is 0 Å². The maximum Gasteiger partial charge on any atom is 0.292 e. The molecule has 27 heavy (non-hydrogen) atoms. The molecule has 1 aliphatic rings. The molecule has 0 bridgehead atoms. The Hall–Kier alpha value is -2.93. The lowest BCUT2D eigenvalue weighted by atomic mass is 10.2. The summed E-state index contributed by atoms with van der Waals surface area (Å²) in [4.78, 5) is 25.1. The molecular weight excluding hydrogens is 344 g/mol. The molecule has 7 nitrogen and oxygen atoms in total. The summed E-state index contributed by atoms with van der Waals surface area (Å²) >= 11 is 0. The molecule has 2 aromatic carbocycles. The zero-order chi connectivity index (χ0) is 19.1. The summed E-state index contributed by atoms with van der Waals surface area (Å²) < 4.78 is 0. The summed E-state index contributed by atoms with van der Waals surface area (Å²) in [6.07, 6.45) is 1.22. The second kappa shape index (κ2) is 9.14. The van der Waals surface area contributed by atoms with Crippen LogP contribution in [0.5, 0.6) is 0 Å². The molecule has 1 saturated heterocycles. The number of nitro benzene ring substituents is 1. The van der Waals surface area contributed by atoms with Gasteiger partial charge < -0.3 is 10.6 Å². The summed E-state index contributed by atoms with van der Waals surface area (Å²) in [6, 6.07) is 16.9. The molecule has 0 aromatic heterocycles. The van der Waals surface area contributed by atoms with Crippen LogP contribution in [0.25, 0.3) is 0 Å². The highest BCUT2D eigenvalue weighted by Crippen LogP contribution is 2.22. The molecule has 1 atom stereocenters. The minimum Gasteiger partial charge on any atom is -0.379 e. The topological polar surface area (TPSA) is 87.5 Å². The standard InChI is InChI=1S/C20H24N4O3/c25-20(10-12-21-18-8-4-5-9-19(18)24(26)27)22-17-11-13-23(15-17)14-16-6-2-1-3-7-16/h1-9,17,21H,10-15H2,(H,22,25)/t17-/m0/s1. The second-order valence-corrected chi connectivity index (χ2v) is 6.72.